The fourth-order valence-corrected chi connectivity index (χ4v) is 3.30. The average Bonchev–Trinajstić information content (AvgIpc) is 2.60. The van der Waals surface area contributed by atoms with Crippen molar-refractivity contribution in [2.75, 3.05) is 0 Å². The number of esters is 1. The minimum atomic E-state index is -0.931. The van der Waals surface area contributed by atoms with E-state index in [-0.39, 0.29) is 22.3 Å². The van der Waals surface area contributed by atoms with Crippen LogP contribution in [-0.2, 0) is 16.0 Å². The lowest BCUT2D eigenvalue weighted by atomic mass is 10.0. The van der Waals surface area contributed by atoms with Gasteiger partial charge < -0.3 is 19.2 Å². The van der Waals surface area contributed by atoms with Gasteiger partial charge in [-0.2, -0.15) is 0 Å². The molecule has 31 heavy (non-hydrogen) atoms. The molecule has 1 aromatic heterocycles. The summed E-state index contributed by atoms with van der Waals surface area (Å²) in [5.41, 5.74) is -0.0903. The molecule has 170 valence electrons. The predicted molar refractivity (Wildman–Crippen MR) is 120 cm³/mol. The third-order valence-corrected chi connectivity index (χ3v) is 4.59. The van der Waals surface area contributed by atoms with Crippen molar-refractivity contribution in [3.63, 3.8) is 0 Å². The summed E-state index contributed by atoms with van der Waals surface area (Å²) in [5.74, 6) is -0.530. The number of amides is 1. The number of benzene rings is 1. The number of aryl methyl sites for hydroxylation is 1. The Kier molecular flexibility index (Phi) is 8.12. The predicted octanol–water partition coefficient (Wildman–Crippen LogP) is 5.24. The van der Waals surface area contributed by atoms with Crippen molar-refractivity contribution in [2.45, 2.75) is 72.4 Å². The molecule has 8 heteroatoms. The molecule has 1 atom stereocenters. The summed E-state index contributed by atoms with van der Waals surface area (Å²) in [5, 5.41) is 3.46. The number of hydrogen-bond donors (Lipinski definition) is 1. The van der Waals surface area contributed by atoms with Gasteiger partial charge >= 0.3 is 17.7 Å². The third-order valence-electron chi connectivity index (χ3n) is 4.30. The van der Waals surface area contributed by atoms with E-state index in [2.05, 4.69) is 5.32 Å². The fraction of sp³-hybridized carbons (Fsp3) is 0.522. The van der Waals surface area contributed by atoms with E-state index in [1.54, 1.807) is 26.8 Å². The molecule has 1 unspecified atom stereocenters. The molecular weight excluding hydrogens is 422 g/mol. The van der Waals surface area contributed by atoms with E-state index < -0.39 is 29.3 Å². The molecule has 1 aromatic carbocycles. The van der Waals surface area contributed by atoms with E-state index >= 15 is 0 Å². The first-order chi connectivity index (χ1) is 14.4. The minimum Gasteiger partial charge on any atom is -0.444 e. The smallest absolute Gasteiger partial charge is 0.408 e. The standard InChI is InChI=1S/C23H30ClNO6/c1-7-8-14-10-20(26)29-18-12-19(16(24)11-15(14)18)30-21(27)17(9-13(2)3)25-22(28)31-23(4,5)6/h10-13,17H,7-9H2,1-6H3,(H,25,28). The maximum Gasteiger partial charge on any atom is 0.408 e. The van der Waals surface area contributed by atoms with Crippen molar-refractivity contribution in [1.82, 2.24) is 5.32 Å². The number of nitrogens with one attached hydrogen (secondary N) is 1. The molecule has 0 aliphatic heterocycles. The Morgan fingerprint density at radius 2 is 1.87 bits per heavy atom. The first-order valence-corrected chi connectivity index (χ1v) is 10.7. The average molecular weight is 452 g/mol. The lowest BCUT2D eigenvalue weighted by molar-refractivity contribution is -0.137. The number of fused-ring (bicyclic) bond motifs is 1. The molecule has 1 amide bonds. The van der Waals surface area contributed by atoms with Gasteiger partial charge in [0, 0.05) is 17.5 Å². The van der Waals surface area contributed by atoms with Crippen molar-refractivity contribution in [3.8, 4) is 5.75 Å². The summed E-state index contributed by atoms with van der Waals surface area (Å²) in [6, 6.07) is 3.56. The molecule has 0 aliphatic carbocycles. The van der Waals surface area contributed by atoms with Gasteiger partial charge in [0.25, 0.3) is 0 Å². The molecule has 7 nitrogen and oxygen atoms in total. The lowest BCUT2D eigenvalue weighted by Gasteiger charge is -2.23. The number of hydrogen-bond acceptors (Lipinski definition) is 6. The summed E-state index contributed by atoms with van der Waals surface area (Å²) in [6.07, 6.45) is 1.17. The highest BCUT2D eigenvalue weighted by Gasteiger charge is 2.27. The quantitative estimate of drug-likeness (QED) is 0.351. The van der Waals surface area contributed by atoms with Crippen molar-refractivity contribution >= 4 is 34.6 Å². The molecule has 0 bridgehead atoms. The third kappa shape index (κ3) is 7.28. The van der Waals surface area contributed by atoms with Crippen LogP contribution in [0.2, 0.25) is 5.02 Å². The molecule has 0 fully saturated rings. The van der Waals surface area contributed by atoms with E-state index in [0.29, 0.717) is 18.2 Å². The fourth-order valence-electron chi connectivity index (χ4n) is 3.10. The van der Waals surface area contributed by atoms with Gasteiger partial charge in [-0.25, -0.2) is 14.4 Å². The molecule has 0 aliphatic rings. The minimum absolute atomic E-state index is 0.0516. The van der Waals surface area contributed by atoms with Crippen LogP contribution in [0.5, 0.6) is 5.75 Å². The highest BCUT2D eigenvalue weighted by atomic mass is 35.5. The zero-order valence-corrected chi connectivity index (χ0v) is 19.6. The molecule has 0 radical (unpaired) electrons. The topological polar surface area (TPSA) is 94.8 Å². The maximum atomic E-state index is 12.8. The lowest BCUT2D eigenvalue weighted by Crippen LogP contribution is -2.45. The monoisotopic (exact) mass is 451 g/mol. The van der Waals surface area contributed by atoms with Gasteiger partial charge in [-0.15, -0.1) is 0 Å². The second kappa shape index (κ2) is 10.2. The van der Waals surface area contributed by atoms with Crippen LogP contribution >= 0.6 is 11.6 Å². The zero-order valence-electron chi connectivity index (χ0n) is 18.8. The second-order valence-corrected chi connectivity index (χ2v) is 9.28. The highest BCUT2D eigenvalue weighted by Crippen LogP contribution is 2.32. The SMILES string of the molecule is CCCc1cc(=O)oc2cc(OC(=O)C(CC(C)C)NC(=O)OC(C)(C)C)c(Cl)cc12. The Morgan fingerprint density at radius 1 is 1.19 bits per heavy atom. The van der Waals surface area contributed by atoms with Crippen LogP contribution in [0.3, 0.4) is 0 Å². The van der Waals surface area contributed by atoms with E-state index in [4.69, 9.17) is 25.5 Å². The van der Waals surface area contributed by atoms with Crippen LogP contribution in [0.15, 0.2) is 27.4 Å². The Morgan fingerprint density at radius 3 is 2.45 bits per heavy atom. The maximum absolute atomic E-state index is 12.8. The van der Waals surface area contributed by atoms with Crippen LogP contribution in [0.4, 0.5) is 4.79 Å². The molecule has 1 heterocycles. The van der Waals surface area contributed by atoms with E-state index in [9.17, 15) is 14.4 Å². The van der Waals surface area contributed by atoms with Gasteiger partial charge in [0.2, 0.25) is 0 Å². The number of ether oxygens (including phenoxy) is 2. The number of halogens is 1. The van der Waals surface area contributed by atoms with Crippen molar-refractivity contribution in [1.29, 1.82) is 0 Å². The van der Waals surface area contributed by atoms with Crippen LogP contribution in [0, 0.1) is 5.92 Å². The Hall–Kier alpha value is -2.54. The molecule has 2 aromatic rings. The first kappa shape index (κ1) is 24.7. The van der Waals surface area contributed by atoms with Crippen LogP contribution in [0.1, 0.15) is 59.9 Å². The van der Waals surface area contributed by atoms with Crippen LogP contribution in [-0.4, -0.2) is 23.7 Å². The number of carbonyl (C=O) groups excluding carboxylic acids is 2. The largest absolute Gasteiger partial charge is 0.444 e. The van der Waals surface area contributed by atoms with Crippen molar-refractivity contribution in [3.05, 3.63) is 39.2 Å². The molecule has 0 saturated carbocycles. The molecular formula is C23H30ClNO6. The van der Waals surface area contributed by atoms with E-state index in [0.717, 1.165) is 12.0 Å². The summed E-state index contributed by atoms with van der Waals surface area (Å²) < 4.78 is 16.0. The molecule has 1 N–H and O–H groups in total. The van der Waals surface area contributed by atoms with Gasteiger partial charge in [-0.1, -0.05) is 38.8 Å². The van der Waals surface area contributed by atoms with Gasteiger partial charge in [0.15, 0.2) is 5.75 Å². The van der Waals surface area contributed by atoms with Crippen LogP contribution < -0.4 is 15.7 Å². The molecule has 0 spiro atoms. The summed E-state index contributed by atoms with van der Waals surface area (Å²) in [6.45, 7) is 11.0. The van der Waals surface area contributed by atoms with Crippen molar-refractivity contribution < 1.29 is 23.5 Å². The summed E-state index contributed by atoms with van der Waals surface area (Å²) in [4.78, 5) is 36.9. The van der Waals surface area contributed by atoms with Crippen LogP contribution in [0.25, 0.3) is 11.0 Å². The van der Waals surface area contributed by atoms with E-state index in [1.165, 1.54) is 12.1 Å². The Balaban J connectivity index is 2.30. The summed E-state index contributed by atoms with van der Waals surface area (Å²) in [7, 11) is 0. The summed E-state index contributed by atoms with van der Waals surface area (Å²) >= 11 is 6.35. The normalized spacial score (nSPS) is 12.6. The highest BCUT2D eigenvalue weighted by molar-refractivity contribution is 6.33. The van der Waals surface area contributed by atoms with Gasteiger partial charge in [-0.3, -0.25) is 0 Å². The number of rotatable bonds is 7. The number of carbonyl (C=O) groups is 2. The van der Waals surface area contributed by atoms with Gasteiger partial charge in [0.1, 0.15) is 17.2 Å². The van der Waals surface area contributed by atoms with E-state index in [1.807, 2.05) is 20.8 Å². The zero-order chi connectivity index (χ0) is 23.3. The molecule has 2 rings (SSSR count). The van der Waals surface area contributed by atoms with Gasteiger partial charge in [-0.05, 0) is 51.2 Å². The first-order valence-electron chi connectivity index (χ1n) is 10.4. The Bertz CT molecular complexity index is 1010. The Labute approximate surface area is 187 Å². The molecule has 0 saturated heterocycles. The van der Waals surface area contributed by atoms with Crippen molar-refractivity contribution in [2.24, 2.45) is 5.92 Å². The number of alkyl carbamates (subject to hydrolysis) is 1. The second-order valence-electron chi connectivity index (χ2n) is 8.87. The van der Waals surface area contributed by atoms with Gasteiger partial charge in [0.05, 0.1) is 5.02 Å².